The van der Waals surface area contributed by atoms with E-state index in [2.05, 4.69) is 20.9 Å². The van der Waals surface area contributed by atoms with Gasteiger partial charge in [-0.2, -0.15) is 0 Å². The SMILES string of the molecule is CN=C(Nc1ccccc1C=O)C(=O)NCCCNC(=O)C(c1ccccc1)c1ccccc1. The number of amidine groups is 1. The fraction of sp³-hybridized carbons (Fsp3) is 0.185. The van der Waals surface area contributed by atoms with Crippen LogP contribution in [0.4, 0.5) is 5.69 Å². The van der Waals surface area contributed by atoms with Gasteiger partial charge in [-0.1, -0.05) is 72.8 Å². The van der Waals surface area contributed by atoms with Crippen LogP contribution in [0.3, 0.4) is 0 Å². The van der Waals surface area contributed by atoms with Gasteiger partial charge in [0.05, 0.1) is 11.6 Å². The molecule has 0 aliphatic heterocycles. The van der Waals surface area contributed by atoms with E-state index in [-0.39, 0.29) is 17.6 Å². The Bertz CT molecular complexity index is 1090. The first-order chi connectivity index (χ1) is 16.6. The summed E-state index contributed by atoms with van der Waals surface area (Å²) in [4.78, 5) is 40.6. The molecule has 7 heteroatoms. The number of amides is 2. The Hall–Kier alpha value is -4.26. The molecule has 0 saturated carbocycles. The number of para-hydroxylation sites is 1. The summed E-state index contributed by atoms with van der Waals surface area (Å²) in [5.74, 6) is -0.780. The molecule has 3 aromatic rings. The second kappa shape index (κ2) is 12.7. The molecule has 3 N–H and O–H groups in total. The lowest BCUT2D eigenvalue weighted by atomic mass is 9.90. The lowest BCUT2D eigenvalue weighted by Gasteiger charge is -2.18. The van der Waals surface area contributed by atoms with Crippen LogP contribution in [0.5, 0.6) is 0 Å². The number of hydrogen-bond acceptors (Lipinski definition) is 4. The molecule has 3 rings (SSSR count). The molecule has 0 aliphatic carbocycles. The van der Waals surface area contributed by atoms with Gasteiger partial charge in [0.25, 0.3) is 5.91 Å². The molecule has 0 heterocycles. The van der Waals surface area contributed by atoms with Crippen molar-refractivity contribution in [3.8, 4) is 0 Å². The van der Waals surface area contributed by atoms with Crippen LogP contribution in [0.15, 0.2) is 89.9 Å². The standard InChI is InChI=1S/C27H28N4O3/c1-28-25(31-23-16-9-8-15-22(23)19-32)27(34)30-18-10-17-29-26(33)24(20-11-4-2-5-12-20)21-13-6-3-7-14-21/h2-9,11-16,19,24H,10,17-18H2,1H3,(H,28,31)(H,29,33)(H,30,34). The summed E-state index contributed by atoms with van der Waals surface area (Å²) in [5.41, 5.74) is 2.79. The first-order valence-corrected chi connectivity index (χ1v) is 11.1. The minimum absolute atomic E-state index is 0.0910. The first kappa shape index (κ1) is 24.4. The van der Waals surface area contributed by atoms with Gasteiger partial charge < -0.3 is 16.0 Å². The summed E-state index contributed by atoms with van der Waals surface area (Å²) < 4.78 is 0. The van der Waals surface area contributed by atoms with E-state index in [4.69, 9.17) is 0 Å². The molecule has 3 aromatic carbocycles. The van der Waals surface area contributed by atoms with Crippen molar-refractivity contribution in [2.24, 2.45) is 4.99 Å². The first-order valence-electron chi connectivity index (χ1n) is 11.1. The molecule has 0 atom stereocenters. The maximum atomic E-state index is 13.0. The highest BCUT2D eigenvalue weighted by atomic mass is 16.2. The van der Waals surface area contributed by atoms with Crippen LogP contribution in [-0.4, -0.2) is 44.1 Å². The number of nitrogens with zero attached hydrogens (tertiary/aromatic N) is 1. The molecular weight excluding hydrogens is 428 g/mol. The van der Waals surface area contributed by atoms with Gasteiger partial charge >= 0.3 is 0 Å². The molecule has 0 aromatic heterocycles. The van der Waals surface area contributed by atoms with Gasteiger partial charge in [-0.25, -0.2) is 0 Å². The normalized spacial score (nSPS) is 11.1. The number of carbonyl (C=O) groups excluding carboxylic acids is 3. The Labute approximate surface area is 199 Å². The molecule has 2 amide bonds. The Morgan fingerprint density at radius 3 is 1.97 bits per heavy atom. The Balaban J connectivity index is 1.50. The largest absolute Gasteiger partial charge is 0.355 e. The highest BCUT2D eigenvalue weighted by Crippen LogP contribution is 2.24. The number of carbonyl (C=O) groups is 3. The number of rotatable bonds is 9. The van der Waals surface area contributed by atoms with Gasteiger partial charge in [-0.05, 0) is 29.7 Å². The van der Waals surface area contributed by atoms with Crippen molar-refractivity contribution in [2.45, 2.75) is 12.3 Å². The Morgan fingerprint density at radius 1 is 0.824 bits per heavy atom. The van der Waals surface area contributed by atoms with Crippen LogP contribution in [-0.2, 0) is 9.59 Å². The van der Waals surface area contributed by atoms with Crippen LogP contribution in [0.1, 0.15) is 33.8 Å². The average Bonchev–Trinajstić information content (AvgIpc) is 2.88. The molecule has 0 radical (unpaired) electrons. The maximum absolute atomic E-state index is 13.0. The smallest absolute Gasteiger partial charge is 0.286 e. The van der Waals surface area contributed by atoms with Crippen molar-refractivity contribution in [3.63, 3.8) is 0 Å². The predicted octanol–water partition coefficient (Wildman–Crippen LogP) is 3.39. The summed E-state index contributed by atoms with van der Waals surface area (Å²) in [6, 6.07) is 26.2. The summed E-state index contributed by atoms with van der Waals surface area (Å²) in [6.45, 7) is 0.770. The fourth-order valence-corrected chi connectivity index (χ4v) is 3.53. The minimum Gasteiger partial charge on any atom is -0.355 e. The van der Waals surface area contributed by atoms with Gasteiger partial charge in [0.1, 0.15) is 0 Å². The summed E-state index contributed by atoms with van der Waals surface area (Å²) in [7, 11) is 1.50. The van der Waals surface area contributed by atoms with Crippen molar-refractivity contribution in [1.82, 2.24) is 10.6 Å². The van der Waals surface area contributed by atoms with Crippen molar-refractivity contribution in [3.05, 3.63) is 102 Å². The van der Waals surface area contributed by atoms with Gasteiger partial charge in [0.15, 0.2) is 12.1 Å². The molecule has 0 fully saturated rings. The van der Waals surface area contributed by atoms with Crippen molar-refractivity contribution >= 4 is 29.6 Å². The molecule has 0 aliphatic rings. The third kappa shape index (κ3) is 6.62. The van der Waals surface area contributed by atoms with Crippen molar-refractivity contribution in [1.29, 1.82) is 0 Å². The molecule has 0 saturated heterocycles. The number of anilines is 1. The zero-order valence-electron chi connectivity index (χ0n) is 19.0. The topological polar surface area (TPSA) is 99.7 Å². The lowest BCUT2D eigenvalue weighted by Crippen LogP contribution is -2.38. The molecular formula is C27H28N4O3. The van der Waals surface area contributed by atoms with E-state index >= 15 is 0 Å². The molecule has 7 nitrogen and oxygen atoms in total. The van der Waals surface area contributed by atoms with E-state index < -0.39 is 5.92 Å². The monoisotopic (exact) mass is 456 g/mol. The van der Waals surface area contributed by atoms with Crippen LogP contribution in [0, 0.1) is 0 Å². The highest BCUT2D eigenvalue weighted by Gasteiger charge is 2.22. The molecule has 0 bridgehead atoms. The number of aliphatic imine (C=N–C) groups is 1. The van der Waals surface area contributed by atoms with Crippen molar-refractivity contribution in [2.75, 3.05) is 25.5 Å². The van der Waals surface area contributed by atoms with E-state index in [1.807, 2.05) is 60.7 Å². The average molecular weight is 457 g/mol. The minimum atomic E-state index is -0.405. The second-order valence-electron chi connectivity index (χ2n) is 7.56. The Morgan fingerprint density at radius 2 is 1.38 bits per heavy atom. The van der Waals surface area contributed by atoms with Gasteiger partial charge in [-0.15, -0.1) is 0 Å². The van der Waals surface area contributed by atoms with E-state index in [1.54, 1.807) is 24.3 Å². The quantitative estimate of drug-likeness (QED) is 0.199. The number of hydrogen-bond donors (Lipinski definition) is 3. The number of benzene rings is 3. The number of aldehydes is 1. The summed E-state index contributed by atoms with van der Waals surface area (Å²) in [6.07, 6.45) is 1.27. The highest BCUT2D eigenvalue weighted by molar-refractivity contribution is 6.42. The third-order valence-corrected chi connectivity index (χ3v) is 5.25. The van der Waals surface area contributed by atoms with E-state index in [9.17, 15) is 14.4 Å². The van der Waals surface area contributed by atoms with Crippen LogP contribution in [0.25, 0.3) is 0 Å². The van der Waals surface area contributed by atoms with E-state index in [0.717, 1.165) is 11.1 Å². The predicted molar refractivity (Wildman–Crippen MR) is 134 cm³/mol. The molecule has 174 valence electrons. The third-order valence-electron chi connectivity index (χ3n) is 5.25. The Kier molecular flexibility index (Phi) is 9.10. The van der Waals surface area contributed by atoms with E-state index in [0.29, 0.717) is 37.0 Å². The van der Waals surface area contributed by atoms with Crippen molar-refractivity contribution < 1.29 is 14.4 Å². The van der Waals surface area contributed by atoms with Crippen LogP contribution >= 0.6 is 0 Å². The zero-order chi connectivity index (χ0) is 24.2. The van der Waals surface area contributed by atoms with Crippen LogP contribution in [0.2, 0.25) is 0 Å². The van der Waals surface area contributed by atoms with E-state index in [1.165, 1.54) is 7.05 Å². The molecule has 34 heavy (non-hydrogen) atoms. The number of nitrogens with one attached hydrogen (secondary N) is 3. The van der Waals surface area contributed by atoms with Crippen LogP contribution < -0.4 is 16.0 Å². The lowest BCUT2D eigenvalue weighted by molar-refractivity contribution is -0.121. The summed E-state index contributed by atoms with van der Waals surface area (Å²) in [5, 5.41) is 8.66. The summed E-state index contributed by atoms with van der Waals surface area (Å²) >= 11 is 0. The molecule has 0 unspecified atom stereocenters. The van der Waals surface area contributed by atoms with Gasteiger partial charge in [0, 0.05) is 25.7 Å². The maximum Gasteiger partial charge on any atom is 0.286 e. The van der Waals surface area contributed by atoms with Gasteiger partial charge in [0.2, 0.25) is 5.91 Å². The fourth-order valence-electron chi connectivity index (χ4n) is 3.53. The van der Waals surface area contributed by atoms with Gasteiger partial charge in [-0.3, -0.25) is 19.4 Å². The zero-order valence-corrected chi connectivity index (χ0v) is 19.0. The molecule has 0 spiro atoms. The second-order valence-corrected chi connectivity index (χ2v) is 7.56.